The molecule has 0 saturated carbocycles. The van der Waals surface area contributed by atoms with Crippen molar-refractivity contribution in [2.75, 3.05) is 11.5 Å². The summed E-state index contributed by atoms with van der Waals surface area (Å²) in [6.45, 7) is 6.73. The molecule has 0 amide bonds. The van der Waals surface area contributed by atoms with Crippen molar-refractivity contribution >= 4 is 23.0 Å². The number of nitrogens with two attached hydrogens (primary N) is 2. The maximum absolute atomic E-state index is 5.84. The monoisotopic (exact) mass is 493 g/mol. The van der Waals surface area contributed by atoms with E-state index in [-0.39, 0.29) is 0 Å². The molecule has 0 aliphatic rings. The SMILES string of the molecule is CCCCCCCCCCc1cc(-c2nc(CCc3nc(N)cc(N)n3)c(CCC)s2)ccc1C. The van der Waals surface area contributed by atoms with E-state index in [1.807, 2.05) is 11.3 Å². The molecule has 0 fully saturated rings. The second kappa shape index (κ2) is 14.2. The van der Waals surface area contributed by atoms with Crippen LogP contribution < -0.4 is 11.5 Å². The van der Waals surface area contributed by atoms with Crippen LogP contribution in [0.15, 0.2) is 24.3 Å². The number of aryl methyl sites for hydroxylation is 5. The summed E-state index contributed by atoms with van der Waals surface area (Å²) in [4.78, 5) is 15.1. The summed E-state index contributed by atoms with van der Waals surface area (Å²) in [5, 5.41) is 1.12. The van der Waals surface area contributed by atoms with Crippen molar-refractivity contribution in [2.45, 2.75) is 104 Å². The molecule has 0 aliphatic heterocycles. The van der Waals surface area contributed by atoms with Gasteiger partial charge in [-0.05, 0) is 49.8 Å². The zero-order valence-corrected chi connectivity index (χ0v) is 22.7. The summed E-state index contributed by atoms with van der Waals surface area (Å²) in [6, 6.07) is 8.46. The second-order valence-corrected chi connectivity index (χ2v) is 10.7. The van der Waals surface area contributed by atoms with E-state index in [2.05, 4.69) is 48.9 Å². The van der Waals surface area contributed by atoms with E-state index in [0.717, 1.165) is 36.4 Å². The van der Waals surface area contributed by atoms with Gasteiger partial charge in [-0.2, -0.15) is 0 Å². The zero-order chi connectivity index (χ0) is 25.0. The number of aromatic nitrogens is 3. The fourth-order valence-corrected chi connectivity index (χ4v) is 5.73. The van der Waals surface area contributed by atoms with Crippen molar-refractivity contribution in [1.82, 2.24) is 15.0 Å². The Bertz CT molecular complexity index is 1040. The Morgan fingerprint density at radius 2 is 1.40 bits per heavy atom. The van der Waals surface area contributed by atoms with Crippen LogP contribution in [0.4, 0.5) is 11.6 Å². The number of thiazole rings is 1. The van der Waals surface area contributed by atoms with E-state index in [4.69, 9.17) is 16.5 Å². The normalized spacial score (nSPS) is 11.3. The molecule has 1 aromatic carbocycles. The van der Waals surface area contributed by atoms with Gasteiger partial charge in [0.25, 0.3) is 0 Å². The number of unbranched alkanes of at least 4 members (excludes halogenated alkanes) is 7. The standard InChI is InChI=1S/C29H43N5S/c1-4-6-7-8-9-10-11-12-14-22-19-23(16-15-21(22)3)29-32-24(25(35-29)13-5-2)17-18-28-33-26(30)20-27(31)34-28/h15-16,19-20H,4-14,17-18H2,1-3H3,(H4,30,31,33,34). The first-order valence-electron chi connectivity index (χ1n) is 13.5. The fourth-order valence-electron chi connectivity index (χ4n) is 4.53. The van der Waals surface area contributed by atoms with Gasteiger partial charge in [0.05, 0.1) is 5.69 Å². The summed E-state index contributed by atoms with van der Waals surface area (Å²) in [5.41, 5.74) is 16.9. The number of rotatable bonds is 15. The van der Waals surface area contributed by atoms with Crippen molar-refractivity contribution in [3.63, 3.8) is 0 Å². The van der Waals surface area contributed by atoms with Crippen LogP contribution in [0.2, 0.25) is 0 Å². The molecular weight excluding hydrogens is 450 g/mol. The molecule has 0 saturated heterocycles. The maximum Gasteiger partial charge on any atom is 0.133 e. The molecule has 0 unspecified atom stereocenters. The van der Waals surface area contributed by atoms with E-state index in [9.17, 15) is 0 Å². The number of hydrogen-bond acceptors (Lipinski definition) is 6. The van der Waals surface area contributed by atoms with Crippen molar-refractivity contribution in [3.8, 4) is 10.6 Å². The van der Waals surface area contributed by atoms with Gasteiger partial charge in [0.1, 0.15) is 22.5 Å². The summed E-state index contributed by atoms with van der Waals surface area (Å²) >= 11 is 1.83. The Morgan fingerprint density at radius 3 is 2.09 bits per heavy atom. The molecule has 0 bridgehead atoms. The minimum absolute atomic E-state index is 0.420. The fraction of sp³-hybridized carbons (Fsp3) is 0.552. The van der Waals surface area contributed by atoms with E-state index < -0.39 is 0 Å². The van der Waals surface area contributed by atoms with Crippen LogP contribution in [0, 0.1) is 6.92 Å². The lowest BCUT2D eigenvalue weighted by Gasteiger charge is -2.08. The predicted octanol–water partition coefficient (Wildman–Crippen LogP) is 7.49. The van der Waals surface area contributed by atoms with Gasteiger partial charge in [0, 0.05) is 22.9 Å². The van der Waals surface area contributed by atoms with E-state index >= 15 is 0 Å². The third-order valence-corrected chi connectivity index (χ3v) is 7.76. The molecule has 2 aromatic heterocycles. The first kappa shape index (κ1) is 27.1. The highest BCUT2D eigenvalue weighted by atomic mass is 32.1. The van der Waals surface area contributed by atoms with Crippen molar-refractivity contribution in [2.24, 2.45) is 0 Å². The molecule has 4 N–H and O–H groups in total. The molecule has 190 valence electrons. The van der Waals surface area contributed by atoms with Crippen LogP contribution in [0.3, 0.4) is 0 Å². The van der Waals surface area contributed by atoms with Gasteiger partial charge in [-0.1, -0.05) is 77.3 Å². The molecule has 3 rings (SSSR count). The number of anilines is 2. The number of nitrogen functional groups attached to an aromatic ring is 2. The Morgan fingerprint density at radius 1 is 0.714 bits per heavy atom. The molecule has 5 nitrogen and oxygen atoms in total. The third kappa shape index (κ3) is 8.60. The average Bonchev–Trinajstić information content (AvgIpc) is 3.23. The highest BCUT2D eigenvalue weighted by molar-refractivity contribution is 7.15. The minimum Gasteiger partial charge on any atom is -0.384 e. The largest absolute Gasteiger partial charge is 0.384 e. The maximum atomic E-state index is 5.84. The molecule has 35 heavy (non-hydrogen) atoms. The van der Waals surface area contributed by atoms with E-state index in [1.54, 1.807) is 6.07 Å². The average molecular weight is 494 g/mol. The quantitative estimate of drug-likeness (QED) is 0.214. The summed E-state index contributed by atoms with van der Waals surface area (Å²) in [7, 11) is 0. The number of benzene rings is 1. The van der Waals surface area contributed by atoms with Crippen LogP contribution >= 0.6 is 11.3 Å². The first-order valence-corrected chi connectivity index (χ1v) is 14.3. The third-order valence-electron chi connectivity index (χ3n) is 6.55. The molecule has 6 heteroatoms. The minimum atomic E-state index is 0.420. The van der Waals surface area contributed by atoms with Crippen molar-refractivity contribution < 1.29 is 0 Å². The lowest BCUT2D eigenvalue weighted by atomic mass is 9.99. The van der Waals surface area contributed by atoms with Gasteiger partial charge in [-0.25, -0.2) is 15.0 Å². The summed E-state index contributed by atoms with van der Waals surface area (Å²) in [6.07, 6.45) is 15.6. The van der Waals surface area contributed by atoms with Gasteiger partial charge >= 0.3 is 0 Å². The van der Waals surface area contributed by atoms with Crippen molar-refractivity contribution in [1.29, 1.82) is 0 Å². The van der Waals surface area contributed by atoms with Crippen LogP contribution in [-0.2, 0) is 25.7 Å². The van der Waals surface area contributed by atoms with E-state index in [1.165, 1.54) is 72.9 Å². The smallest absolute Gasteiger partial charge is 0.133 e. The predicted molar refractivity (Wildman–Crippen MR) is 151 cm³/mol. The molecule has 0 atom stereocenters. The van der Waals surface area contributed by atoms with Crippen LogP contribution in [0.1, 0.15) is 99.2 Å². The summed E-state index contributed by atoms with van der Waals surface area (Å²) < 4.78 is 0. The zero-order valence-electron chi connectivity index (χ0n) is 21.9. The molecule has 0 aliphatic carbocycles. The Hall–Kier alpha value is -2.47. The van der Waals surface area contributed by atoms with Gasteiger partial charge < -0.3 is 11.5 Å². The number of hydrogen-bond donors (Lipinski definition) is 2. The van der Waals surface area contributed by atoms with Gasteiger partial charge in [0.15, 0.2) is 0 Å². The summed E-state index contributed by atoms with van der Waals surface area (Å²) in [5.74, 6) is 1.52. The Labute approximate surface area is 215 Å². The first-order chi connectivity index (χ1) is 17.0. The highest BCUT2D eigenvalue weighted by Crippen LogP contribution is 2.31. The molecular formula is C29H43N5S. The van der Waals surface area contributed by atoms with Crippen LogP contribution in [-0.4, -0.2) is 15.0 Å². The molecule has 0 radical (unpaired) electrons. The highest BCUT2D eigenvalue weighted by Gasteiger charge is 2.14. The van der Waals surface area contributed by atoms with Gasteiger partial charge in [-0.15, -0.1) is 11.3 Å². The second-order valence-electron chi connectivity index (χ2n) is 9.64. The lowest BCUT2D eigenvalue weighted by molar-refractivity contribution is 0.575. The Balaban J connectivity index is 1.64. The van der Waals surface area contributed by atoms with Crippen LogP contribution in [0.5, 0.6) is 0 Å². The molecule has 0 spiro atoms. The molecule has 3 aromatic rings. The van der Waals surface area contributed by atoms with Crippen LogP contribution in [0.25, 0.3) is 10.6 Å². The Kier molecular flexibility index (Phi) is 11.0. The topological polar surface area (TPSA) is 90.7 Å². The van der Waals surface area contributed by atoms with Gasteiger partial charge in [-0.3, -0.25) is 0 Å². The lowest BCUT2D eigenvalue weighted by Crippen LogP contribution is -2.05. The molecule has 2 heterocycles. The van der Waals surface area contributed by atoms with Crippen molar-refractivity contribution in [3.05, 3.63) is 51.8 Å². The number of nitrogens with zero attached hydrogens (tertiary/aromatic N) is 3. The van der Waals surface area contributed by atoms with E-state index in [0.29, 0.717) is 23.9 Å². The van der Waals surface area contributed by atoms with Gasteiger partial charge in [0.2, 0.25) is 0 Å².